The third-order valence-electron chi connectivity index (χ3n) is 2.60. The van der Waals surface area contributed by atoms with E-state index in [1.165, 1.54) is 0 Å². The molecule has 0 aliphatic heterocycles. The third-order valence-corrected chi connectivity index (χ3v) is 2.60. The Balaban J connectivity index is 2.85. The van der Waals surface area contributed by atoms with Gasteiger partial charge in [-0.15, -0.1) is 6.58 Å². The molecule has 0 heterocycles. The van der Waals surface area contributed by atoms with Crippen LogP contribution in [0.2, 0.25) is 0 Å². The Labute approximate surface area is 102 Å². The van der Waals surface area contributed by atoms with E-state index in [2.05, 4.69) is 6.58 Å². The van der Waals surface area contributed by atoms with Crippen LogP contribution in [-0.4, -0.2) is 18.2 Å². The van der Waals surface area contributed by atoms with Crippen molar-refractivity contribution in [3.05, 3.63) is 42.0 Å². The fourth-order valence-electron chi connectivity index (χ4n) is 1.80. The van der Waals surface area contributed by atoms with E-state index in [9.17, 15) is 4.79 Å². The summed E-state index contributed by atoms with van der Waals surface area (Å²) in [6, 6.07) is 7.50. The zero-order valence-electron chi connectivity index (χ0n) is 10.3. The van der Waals surface area contributed by atoms with Crippen molar-refractivity contribution in [3.8, 4) is 5.75 Å². The lowest BCUT2D eigenvalue weighted by Crippen LogP contribution is -2.17. The first kappa shape index (κ1) is 13.3. The van der Waals surface area contributed by atoms with Crippen LogP contribution in [0.3, 0.4) is 0 Å². The summed E-state index contributed by atoms with van der Waals surface area (Å²) in [5.41, 5.74) is 1.80. The first-order valence-electron chi connectivity index (χ1n) is 5.53. The van der Waals surface area contributed by atoms with Crippen LogP contribution in [-0.2, 0) is 11.2 Å². The molecule has 0 saturated carbocycles. The average Bonchev–Trinajstić information content (AvgIpc) is 2.28. The first-order chi connectivity index (χ1) is 8.04. The number of hydrogen-bond acceptors (Lipinski definition) is 2. The Morgan fingerprint density at radius 3 is 2.65 bits per heavy atom. The van der Waals surface area contributed by atoms with E-state index < -0.39 is 11.9 Å². The quantitative estimate of drug-likeness (QED) is 0.770. The predicted molar refractivity (Wildman–Crippen MR) is 67.3 cm³/mol. The number of rotatable bonds is 6. The van der Waals surface area contributed by atoms with Crippen LogP contribution < -0.4 is 4.74 Å². The molecular formula is C14H18O3. The molecule has 17 heavy (non-hydrogen) atoms. The predicted octanol–water partition coefficient (Wildman–Crippen LogP) is 2.90. The molecule has 1 aromatic rings. The highest BCUT2D eigenvalue weighted by atomic mass is 16.5. The average molecular weight is 234 g/mol. The largest absolute Gasteiger partial charge is 0.496 e. The van der Waals surface area contributed by atoms with Crippen molar-refractivity contribution in [2.75, 3.05) is 7.11 Å². The molecule has 0 fully saturated rings. The van der Waals surface area contributed by atoms with E-state index in [0.29, 0.717) is 12.8 Å². The summed E-state index contributed by atoms with van der Waals surface area (Å²) >= 11 is 0. The number of hydrogen-bond donors (Lipinski definition) is 1. The standard InChI is InChI=1S/C14H18O3/c1-10(2)8-12(14(15)16)9-11-6-4-5-7-13(11)17-3/h4-7,12H,1,8-9H2,2-3H3,(H,15,16). The highest BCUT2D eigenvalue weighted by molar-refractivity contribution is 5.71. The maximum atomic E-state index is 11.2. The van der Waals surface area contributed by atoms with Crippen molar-refractivity contribution in [1.82, 2.24) is 0 Å². The van der Waals surface area contributed by atoms with E-state index in [1.54, 1.807) is 7.11 Å². The topological polar surface area (TPSA) is 46.5 Å². The molecule has 0 spiro atoms. The molecular weight excluding hydrogens is 216 g/mol. The molecule has 0 bridgehead atoms. The minimum Gasteiger partial charge on any atom is -0.496 e. The van der Waals surface area contributed by atoms with Crippen molar-refractivity contribution in [2.24, 2.45) is 5.92 Å². The van der Waals surface area contributed by atoms with E-state index >= 15 is 0 Å². The monoisotopic (exact) mass is 234 g/mol. The summed E-state index contributed by atoms with van der Waals surface area (Å²) in [5, 5.41) is 9.17. The normalized spacial score (nSPS) is 11.9. The Hall–Kier alpha value is -1.77. The Morgan fingerprint density at radius 1 is 1.47 bits per heavy atom. The van der Waals surface area contributed by atoms with Gasteiger partial charge in [0, 0.05) is 0 Å². The summed E-state index contributed by atoms with van der Waals surface area (Å²) in [4.78, 5) is 11.2. The Kier molecular flexibility index (Phi) is 4.76. The van der Waals surface area contributed by atoms with Gasteiger partial charge in [0.05, 0.1) is 13.0 Å². The number of ether oxygens (including phenoxy) is 1. The van der Waals surface area contributed by atoms with Crippen molar-refractivity contribution in [3.63, 3.8) is 0 Å². The second kappa shape index (κ2) is 6.09. The zero-order valence-corrected chi connectivity index (χ0v) is 10.3. The summed E-state index contributed by atoms with van der Waals surface area (Å²) < 4.78 is 5.22. The molecule has 3 nitrogen and oxygen atoms in total. The zero-order chi connectivity index (χ0) is 12.8. The number of methoxy groups -OCH3 is 1. The van der Waals surface area contributed by atoms with Gasteiger partial charge in [-0.25, -0.2) is 0 Å². The number of carboxylic acid groups (broad SMARTS) is 1. The van der Waals surface area contributed by atoms with E-state index in [0.717, 1.165) is 16.9 Å². The number of carboxylic acids is 1. The minimum atomic E-state index is -0.793. The van der Waals surface area contributed by atoms with Crippen molar-refractivity contribution < 1.29 is 14.6 Å². The molecule has 3 heteroatoms. The van der Waals surface area contributed by atoms with Crippen molar-refractivity contribution in [1.29, 1.82) is 0 Å². The third kappa shape index (κ3) is 3.94. The SMILES string of the molecule is C=C(C)CC(Cc1ccccc1OC)C(=O)O. The molecule has 0 aliphatic carbocycles. The van der Waals surface area contributed by atoms with Crippen LogP contribution in [0.25, 0.3) is 0 Å². The molecule has 1 rings (SSSR count). The Morgan fingerprint density at radius 2 is 2.12 bits per heavy atom. The number of para-hydroxylation sites is 1. The molecule has 0 aromatic heterocycles. The molecule has 1 atom stereocenters. The van der Waals surface area contributed by atoms with Gasteiger partial charge in [-0.05, 0) is 31.4 Å². The summed E-state index contributed by atoms with van der Waals surface area (Å²) in [7, 11) is 1.59. The van der Waals surface area contributed by atoms with E-state index in [4.69, 9.17) is 9.84 Å². The van der Waals surface area contributed by atoms with Crippen LogP contribution in [0.15, 0.2) is 36.4 Å². The van der Waals surface area contributed by atoms with Crippen LogP contribution in [0.1, 0.15) is 18.9 Å². The van der Waals surface area contributed by atoms with E-state index in [1.807, 2.05) is 31.2 Å². The van der Waals surface area contributed by atoms with Crippen LogP contribution in [0, 0.1) is 5.92 Å². The Bertz CT molecular complexity index is 410. The second-order valence-corrected chi connectivity index (χ2v) is 4.21. The molecule has 92 valence electrons. The molecule has 0 aliphatic rings. The fourth-order valence-corrected chi connectivity index (χ4v) is 1.80. The van der Waals surface area contributed by atoms with Gasteiger partial charge in [-0.3, -0.25) is 4.79 Å². The van der Waals surface area contributed by atoms with Gasteiger partial charge in [0.15, 0.2) is 0 Å². The smallest absolute Gasteiger partial charge is 0.307 e. The molecule has 0 amide bonds. The highest BCUT2D eigenvalue weighted by Gasteiger charge is 2.19. The van der Waals surface area contributed by atoms with E-state index in [-0.39, 0.29) is 0 Å². The van der Waals surface area contributed by atoms with Crippen molar-refractivity contribution in [2.45, 2.75) is 19.8 Å². The summed E-state index contributed by atoms with van der Waals surface area (Å²) in [6.07, 6.45) is 0.958. The fraction of sp³-hybridized carbons (Fsp3) is 0.357. The molecule has 0 saturated heterocycles. The highest BCUT2D eigenvalue weighted by Crippen LogP contribution is 2.23. The van der Waals surface area contributed by atoms with Gasteiger partial charge >= 0.3 is 5.97 Å². The molecule has 0 radical (unpaired) electrons. The first-order valence-corrected chi connectivity index (χ1v) is 5.53. The maximum absolute atomic E-state index is 11.2. The summed E-state index contributed by atoms with van der Waals surface area (Å²) in [6.45, 7) is 5.61. The van der Waals surface area contributed by atoms with Gasteiger partial charge < -0.3 is 9.84 Å². The lowest BCUT2D eigenvalue weighted by molar-refractivity contribution is -0.141. The minimum absolute atomic E-state index is 0.441. The van der Waals surface area contributed by atoms with Crippen LogP contribution in [0.4, 0.5) is 0 Å². The maximum Gasteiger partial charge on any atom is 0.307 e. The summed E-state index contributed by atoms with van der Waals surface area (Å²) in [5.74, 6) is -0.497. The van der Waals surface area contributed by atoms with Gasteiger partial charge in [0.25, 0.3) is 0 Å². The number of carbonyl (C=O) groups is 1. The van der Waals surface area contributed by atoms with Crippen molar-refractivity contribution >= 4 is 5.97 Å². The number of aliphatic carboxylic acids is 1. The lowest BCUT2D eigenvalue weighted by atomic mass is 9.93. The molecule has 1 unspecified atom stereocenters. The van der Waals surface area contributed by atoms with Crippen LogP contribution >= 0.6 is 0 Å². The molecule has 1 aromatic carbocycles. The second-order valence-electron chi connectivity index (χ2n) is 4.21. The van der Waals surface area contributed by atoms with Gasteiger partial charge in [-0.2, -0.15) is 0 Å². The van der Waals surface area contributed by atoms with Gasteiger partial charge in [0.1, 0.15) is 5.75 Å². The van der Waals surface area contributed by atoms with Gasteiger partial charge in [-0.1, -0.05) is 23.8 Å². The number of allylic oxidation sites excluding steroid dienone is 1. The van der Waals surface area contributed by atoms with Crippen LogP contribution in [0.5, 0.6) is 5.75 Å². The van der Waals surface area contributed by atoms with Gasteiger partial charge in [0.2, 0.25) is 0 Å². The molecule has 1 N–H and O–H groups in total. The number of benzene rings is 1. The lowest BCUT2D eigenvalue weighted by Gasteiger charge is -2.14.